The number of hydrogen-bond donors (Lipinski definition) is 2. The van der Waals surface area contributed by atoms with Gasteiger partial charge < -0.3 is 24.8 Å². The van der Waals surface area contributed by atoms with Crippen molar-refractivity contribution in [2.45, 2.75) is 58.3 Å². The van der Waals surface area contributed by atoms with Gasteiger partial charge in [-0.25, -0.2) is 9.59 Å². The van der Waals surface area contributed by atoms with E-state index in [0.29, 0.717) is 25.9 Å². The zero-order valence-corrected chi connectivity index (χ0v) is 17.2. The van der Waals surface area contributed by atoms with Crippen molar-refractivity contribution in [1.29, 1.82) is 0 Å². The number of ether oxygens (including phenoxy) is 2. The zero-order chi connectivity index (χ0) is 21.4. The highest BCUT2D eigenvalue weighted by molar-refractivity contribution is 5.72. The van der Waals surface area contributed by atoms with Crippen LogP contribution in [-0.4, -0.2) is 52.9 Å². The van der Waals surface area contributed by atoms with Crippen LogP contribution in [0.2, 0.25) is 0 Å². The molecule has 1 aliphatic rings. The third-order valence-electron chi connectivity index (χ3n) is 4.67. The van der Waals surface area contributed by atoms with Crippen LogP contribution < -0.4 is 5.32 Å². The lowest BCUT2D eigenvalue weighted by Gasteiger charge is -2.35. The summed E-state index contributed by atoms with van der Waals surface area (Å²) in [7, 11) is 0. The molecule has 1 aliphatic heterocycles. The third-order valence-corrected chi connectivity index (χ3v) is 4.67. The molecule has 1 aromatic rings. The molecule has 0 spiro atoms. The average Bonchev–Trinajstić information content (AvgIpc) is 2.64. The number of hydrogen-bond acceptors (Lipinski definition) is 5. The lowest BCUT2D eigenvalue weighted by Crippen LogP contribution is -2.48. The summed E-state index contributed by atoms with van der Waals surface area (Å²) in [6.45, 7) is 6.35. The van der Waals surface area contributed by atoms with Crippen molar-refractivity contribution < 1.29 is 29.0 Å². The van der Waals surface area contributed by atoms with Crippen LogP contribution in [0.3, 0.4) is 0 Å². The molecule has 1 fully saturated rings. The van der Waals surface area contributed by atoms with Crippen LogP contribution in [0.25, 0.3) is 0 Å². The fraction of sp³-hybridized carbons (Fsp3) is 0.571. The lowest BCUT2D eigenvalue weighted by molar-refractivity contribution is -0.138. The van der Waals surface area contributed by atoms with E-state index in [-0.39, 0.29) is 25.0 Å². The largest absolute Gasteiger partial charge is 0.481 e. The highest BCUT2D eigenvalue weighted by Crippen LogP contribution is 2.24. The maximum Gasteiger partial charge on any atom is 0.410 e. The number of nitrogens with zero attached hydrogens (tertiary/aromatic N) is 1. The molecule has 160 valence electrons. The smallest absolute Gasteiger partial charge is 0.410 e. The van der Waals surface area contributed by atoms with Crippen molar-refractivity contribution in [3.63, 3.8) is 0 Å². The van der Waals surface area contributed by atoms with Gasteiger partial charge in [0.2, 0.25) is 0 Å². The third kappa shape index (κ3) is 8.01. The van der Waals surface area contributed by atoms with Gasteiger partial charge in [0.25, 0.3) is 0 Å². The van der Waals surface area contributed by atoms with E-state index in [1.807, 2.05) is 30.3 Å². The molecule has 1 heterocycles. The second-order valence-corrected chi connectivity index (χ2v) is 8.22. The predicted octanol–water partition coefficient (Wildman–Crippen LogP) is 3.40. The summed E-state index contributed by atoms with van der Waals surface area (Å²) in [5.41, 5.74) is 0.253. The number of carboxylic acid groups (broad SMARTS) is 1. The van der Waals surface area contributed by atoms with E-state index >= 15 is 0 Å². The van der Waals surface area contributed by atoms with Crippen molar-refractivity contribution in [3.8, 4) is 0 Å². The first kappa shape index (κ1) is 22.5. The molecule has 1 atom stereocenters. The van der Waals surface area contributed by atoms with Gasteiger partial charge in [-0.05, 0) is 45.1 Å². The van der Waals surface area contributed by atoms with Crippen molar-refractivity contribution in [3.05, 3.63) is 35.9 Å². The number of alkyl carbamates (subject to hydrolysis) is 1. The maximum absolute atomic E-state index is 12.3. The summed E-state index contributed by atoms with van der Waals surface area (Å²) in [5.74, 6) is -1.05. The van der Waals surface area contributed by atoms with E-state index in [2.05, 4.69) is 5.32 Å². The van der Waals surface area contributed by atoms with Crippen molar-refractivity contribution in [2.24, 2.45) is 5.92 Å². The van der Waals surface area contributed by atoms with Crippen molar-refractivity contribution in [1.82, 2.24) is 10.2 Å². The molecule has 2 N–H and O–H groups in total. The van der Waals surface area contributed by atoms with Crippen molar-refractivity contribution in [2.75, 3.05) is 13.1 Å². The number of rotatable bonds is 6. The summed E-state index contributed by atoms with van der Waals surface area (Å²) in [6, 6.07) is 8.89. The van der Waals surface area contributed by atoms with Gasteiger partial charge in [0, 0.05) is 19.1 Å². The molecular formula is C21H30N2O6. The highest BCUT2D eigenvalue weighted by atomic mass is 16.6. The molecule has 2 rings (SSSR count). The molecule has 0 radical (unpaired) electrons. The minimum absolute atomic E-state index is 0.0585. The second-order valence-electron chi connectivity index (χ2n) is 8.22. The van der Waals surface area contributed by atoms with E-state index in [1.54, 1.807) is 25.7 Å². The normalized spacial score (nSPS) is 16.0. The Bertz CT molecular complexity index is 693. The molecule has 0 aliphatic carbocycles. The van der Waals surface area contributed by atoms with Gasteiger partial charge in [-0.2, -0.15) is 0 Å². The minimum Gasteiger partial charge on any atom is -0.481 e. The standard InChI is InChI=1S/C21H30N2O6/c1-21(2,3)29-19(26)22-17(13-18(24)25)16-9-11-23(12-10-16)20(27)28-14-15-7-5-4-6-8-15/h4-8,16-17H,9-14H2,1-3H3,(H,22,26)(H,24,25)/t17-/m1/s1. The molecule has 1 aromatic carbocycles. The molecule has 8 nitrogen and oxygen atoms in total. The Hall–Kier alpha value is -2.77. The number of amides is 2. The Labute approximate surface area is 171 Å². The van der Waals surface area contributed by atoms with Crippen LogP contribution in [-0.2, 0) is 20.9 Å². The summed E-state index contributed by atoms with van der Waals surface area (Å²) >= 11 is 0. The van der Waals surface area contributed by atoms with Crippen LogP contribution in [0.15, 0.2) is 30.3 Å². The van der Waals surface area contributed by atoms with Crippen LogP contribution in [0.1, 0.15) is 45.6 Å². The maximum atomic E-state index is 12.3. The van der Waals surface area contributed by atoms with Gasteiger partial charge in [-0.15, -0.1) is 0 Å². The van der Waals surface area contributed by atoms with Gasteiger partial charge >= 0.3 is 18.2 Å². The quantitative estimate of drug-likeness (QED) is 0.750. The van der Waals surface area contributed by atoms with E-state index in [9.17, 15) is 19.5 Å². The fourth-order valence-corrected chi connectivity index (χ4v) is 3.28. The molecule has 0 unspecified atom stereocenters. The van der Waals surface area contributed by atoms with Crippen LogP contribution in [0, 0.1) is 5.92 Å². The number of piperidine rings is 1. The Morgan fingerprint density at radius 1 is 1.17 bits per heavy atom. The molecule has 0 aromatic heterocycles. The van der Waals surface area contributed by atoms with Crippen molar-refractivity contribution >= 4 is 18.2 Å². The van der Waals surface area contributed by atoms with Gasteiger partial charge in [0.05, 0.1) is 6.42 Å². The Balaban J connectivity index is 1.85. The van der Waals surface area contributed by atoms with Gasteiger partial charge in [0.15, 0.2) is 0 Å². The van der Waals surface area contributed by atoms with E-state index in [4.69, 9.17) is 9.47 Å². The number of aliphatic carboxylic acids is 1. The number of likely N-dealkylation sites (tertiary alicyclic amines) is 1. The number of carbonyl (C=O) groups excluding carboxylic acids is 2. The topological polar surface area (TPSA) is 105 Å². The SMILES string of the molecule is CC(C)(C)OC(=O)N[C@H](CC(=O)O)C1CCN(C(=O)OCc2ccccc2)CC1. The highest BCUT2D eigenvalue weighted by Gasteiger charge is 2.32. The second kappa shape index (κ2) is 10.1. The molecule has 2 amide bonds. The number of nitrogens with one attached hydrogen (secondary N) is 1. The number of benzene rings is 1. The first-order valence-electron chi connectivity index (χ1n) is 9.81. The predicted molar refractivity (Wildman–Crippen MR) is 106 cm³/mol. The summed E-state index contributed by atoms with van der Waals surface area (Å²) in [6.07, 6.45) is -0.0549. The molecular weight excluding hydrogens is 376 g/mol. The molecule has 29 heavy (non-hydrogen) atoms. The van der Waals surface area contributed by atoms with E-state index < -0.39 is 23.7 Å². The zero-order valence-electron chi connectivity index (χ0n) is 17.2. The van der Waals surface area contributed by atoms with Gasteiger partial charge in [-0.1, -0.05) is 30.3 Å². The Kier molecular flexibility index (Phi) is 7.87. The van der Waals surface area contributed by atoms with Gasteiger partial charge in [0.1, 0.15) is 12.2 Å². The van der Waals surface area contributed by atoms with Crippen LogP contribution >= 0.6 is 0 Å². The molecule has 8 heteroatoms. The monoisotopic (exact) mass is 406 g/mol. The average molecular weight is 406 g/mol. The molecule has 0 saturated carbocycles. The fourth-order valence-electron chi connectivity index (χ4n) is 3.28. The Morgan fingerprint density at radius 2 is 1.79 bits per heavy atom. The minimum atomic E-state index is -0.990. The number of carbonyl (C=O) groups is 3. The molecule has 0 bridgehead atoms. The first-order valence-corrected chi connectivity index (χ1v) is 9.81. The van der Waals surface area contributed by atoms with E-state index in [0.717, 1.165) is 5.56 Å². The summed E-state index contributed by atoms with van der Waals surface area (Å²) < 4.78 is 10.6. The lowest BCUT2D eigenvalue weighted by atomic mass is 9.87. The summed E-state index contributed by atoms with van der Waals surface area (Å²) in [5, 5.41) is 11.9. The summed E-state index contributed by atoms with van der Waals surface area (Å²) in [4.78, 5) is 37.2. The number of carboxylic acids is 1. The van der Waals surface area contributed by atoms with E-state index in [1.165, 1.54) is 0 Å². The molecule has 1 saturated heterocycles. The van der Waals surface area contributed by atoms with Gasteiger partial charge in [-0.3, -0.25) is 4.79 Å². The van der Waals surface area contributed by atoms with Crippen LogP contribution in [0.5, 0.6) is 0 Å². The van der Waals surface area contributed by atoms with Crippen LogP contribution in [0.4, 0.5) is 9.59 Å². The first-order chi connectivity index (χ1) is 13.6. The Morgan fingerprint density at radius 3 is 2.34 bits per heavy atom.